The molecule has 4 nitrogen and oxygen atoms in total. The fraction of sp³-hybridized carbons (Fsp3) is 0.444. The Morgan fingerprint density at radius 1 is 1.29 bits per heavy atom. The van der Waals surface area contributed by atoms with E-state index in [1.54, 1.807) is 18.3 Å². The molecule has 1 heterocycles. The van der Waals surface area contributed by atoms with Crippen LogP contribution in [0.15, 0.2) is 18.3 Å². The molecule has 0 radical (unpaired) electrons. The van der Waals surface area contributed by atoms with Gasteiger partial charge in [0.05, 0.1) is 26.0 Å². The lowest BCUT2D eigenvalue weighted by Gasteiger charge is -2.05. The Labute approximate surface area is 87.4 Å². The molecular formula is C9H12ClNO3. The van der Waals surface area contributed by atoms with Crippen LogP contribution in [0.5, 0.6) is 5.75 Å². The molecule has 0 aliphatic carbocycles. The molecule has 0 amide bonds. The molecule has 0 atom stereocenters. The summed E-state index contributed by atoms with van der Waals surface area (Å²) in [6, 6.07) is 3.40. The summed E-state index contributed by atoms with van der Waals surface area (Å²) in [5.41, 5.74) is 0. The lowest BCUT2D eigenvalue weighted by molar-refractivity contribution is 0.0704. The minimum atomic E-state index is 0.0303. The first-order chi connectivity index (χ1) is 6.83. The van der Waals surface area contributed by atoms with E-state index in [4.69, 9.17) is 26.2 Å². The number of rotatable bonds is 6. The fourth-order valence-corrected chi connectivity index (χ4v) is 0.944. The lowest BCUT2D eigenvalue weighted by Crippen LogP contribution is -2.09. The maximum Gasteiger partial charge on any atom is 0.137 e. The minimum absolute atomic E-state index is 0.0303. The van der Waals surface area contributed by atoms with Crippen LogP contribution in [0.4, 0.5) is 0 Å². The van der Waals surface area contributed by atoms with Crippen molar-refractivity contribution in [3.63, 3.8) is 0 Å². The van der Waals surface area contributed by atoms with Crippen LogP contribution >= 0.6 is 11.6 Å². The Morgan fingerprint density at radius 2 is 2.14 bits per heavy atom. The molecule has 0 aliphatic heterocycles. The first-order valence-corrected chi connectivity index (χ1v) is 4.63. The van der Waals surface area contributed by atoms with Crippen LogP contribution in [0.3, 0.4) is 0 Å². The van der Waals surface area contributed by atoms with Gasteiger partial charge in [-0.1, -0.05) is 11.6 Å². The van der Waals surface area contributed by atoms with E-state index >= 15 is 0 Å². The first-order valence-electron chi connectivity index (χ1n) is 4.26. The Bertz CT molecular complexity index is 253. The van der Waals surface area contributed by atoms with Gasteiger partial charge < -0.3 is 14.6 Å². The van der Waals surface area contributed by atoms with Crippen molar-refractivity contribution in [1.82, 2.24) is 4.98 Å². The molecule has 0 saturated carbocycles. The Kier molecular flexibility index (Phi) is 5.29. The number of aromatic nitrogens is 1. The highest BCUT2D eigenvalue weighted by Crippen LogP contribution is 2.11. The van der Waals surface area contributed by atoms with Gasteiger partial charge in [-0.2, -0.15) is 0 Å². The van der Waals surface area contributed by atoms with Crippen LogP contribution in [0.2, 0.25) is 5.15 Å². The molecule has 0 fully saturated rings. The molecule has 5 heteroatoms. The third-order valence-corrected chi connectivity index (χ3v) is 1.66. The topological polar surface area (TPSA) is 51.6 Å². The Morgan fingerprint density at radius 3 is 2.79 bits per heavy atom. The summed E-state index contributed by atoms with van der Waals surface area (Å²) < 4.78 is 10.3. The average Bonchev–Trinajstić information content (AvgIpc) is 2.21. The molecule has 0 aromatic carbocycles. The average molecular weight is 218 g/mol. The third-order valence-electron chi connectivity index (χ3n) is 1.43. The van der Waals surface area contributed by atoms with Gasteiger partial charge in [0.25, 0.3) is 0 Å². The van der Waals surface area contributed by atoms with Crippen LogP contribution in [0.1, 0.15) is 0 Å². The van der Waals surface area contributed by atoms with Crippen LogP contribution in [-0.2, 0) is 4.74 Å². The predicted octanol–water partition coefficient (Wildman–Crippen LogP) is 1.12. The lowest BCUT2D eigenvalue weighted by atomic mass is 10.5. The number of pyridine rings is 1. The summed E-state index contributed by atoms with van der Waals surface area (Å²) >= 11 is 5.60. The van der Waals surface area contributed by atoms with Crippen LogP contribution < -0.4 is 4.74 Å². The van der Waals surface area contributed by atoms with E-state index in [1.807, 2.05) is 0 Å². The fourth-order valence-electron chi connectivity index (χ4n) is 0.833. The molecule has 78 valence electrons. The zero-order valence-electron chi connectivity index (χ0n) is 7.65. The van der Waals surface area contributed by atoms with Gasteiger partial charge in [-0.15, -0.1) is 0 Å². The SMILES string of the molecule is OCCOCCOc1ccc(Cl)nc1. The number of aliphatic hydroxyl groups excluding tert-OH is 1. The van der Waals surface area contributed by atoms with Gasteiger partial charge in [0.1, 0.15) is 17.5 Å². The maximum atomic E-state index is 8.42. The number of hydrogen-bond donors (Lipinski definition) is 1. The normalized spacial score (nSPS) is 10.1. The van der Waals surface area contributed by atoms with Crippen LogP contribution in [0.25, 0.3) is 0 Å². The van der Waals surface area contributed by atoms with Crippen molar-refractivity contribution in [2.24, 2.45) is 0 Å². The third kappa shape index (κ3) is 4.41. The summed E-state index contributed by atoms with van der Waals surface area (Å²) in [5, 5.41) is 8.86. The highest BCUT2D eigenvalue weighted by atomic mass is 35.5. The van der Waals surface area contributed by atoms with Crippen molar-refractivity contribution < 1.29 is 14.6 Å². The number of aliphatic hydroxyl groups is 1. The second-order valence-corrected chi connectivity index (χ2v) is 2.89. The number of halogens is 1. The Balaban J connectivity index is 2.15. The van der Waals surface area contributed by atoms with Crippen molar-refractivity contribution in [2.75, 3.05) is 26.4 Å². The van der Waals surface area contributed by atoms with Crippen molar-refractivity contribution in [3.05, 3.63) is 23.5 Å². The molecule has 0 aliphatic rings. The predicted molar refractivity (Wildman–Crippen MR) is 52.6 cm³/mol. The summed E-state index contributed by atoms with van der Waals surface area (Å²) in [7, 11) is 0. The maximum absolute atomic E-state index is 8.42. The first kappa shape index (κ1) is 11.2. The van der Waals surface area contributed by atoms with E-state index in [2.05, 4.69) is 4.98 Å². The zero-order chi connectivity index (χ0) is 10.2. The molecule has 0 spiro atoms. The van der Waals surface area contributed by atoms with Crippen molar-refractivity contribution in [2.45, 2.75) is 0 Å². The van der Waals surface area contributed by atoms with Gasteiger partial charge in [0, 0.05) is 0 Å². The summed E-state index contributed by atoms with van der Waals surface area (Å²) in [6.45, 7) is 1.25. The molecular weight excluding hydrogens is 206 g/mol. The van der Waals surface area contributed by atoms with E-state index in [9.17, 15) is 0 Å². The van der Waals surface area contributed by atoms with Crippen molar-refractivity contribution in [1.29, 1.82) is 0 Å². The van der Waals surface area contributed by atoms with Crippen molar-refractivity contribution in [3.8, 4) is 5.75 Å². The van der Waals surface area contributed by atoms with E-state index in [-0.39, 0.29) is 6.61 Å². The number of hydrogen-bond acceptors (Lipinski definition) is 4. The molecule has 0 bridgehead atoms. The van der Waals surface area contributed by atoms with Gasteiger partial charge >= 0.3 is 0 Å². The standard InChI is InChI=1S/C9H12ClNO3/c10-9-2-1-8(7-11-9)14-6-5-13-4-3-12/h1-2,7,12H,3-6H2. The van der Waals surface area contributed by atoms with Gasteiger partial charge in [-0.3, -0.25) is 0 Å². The second kappa shape index (κ2) is 6.59. The molecule has 1 aromatic heterocycles. The van der Waals surface area contributed by atoms with Gasteiger partial charge in [0.15, 0.2) is 0 Å². The minimum Gasteiger partial charge on any atom is -0.490 e. The van der Waals surface area contributed by atoms with Gasteiger partial charge in [-0.05, 0) is 12.1 Å². The highest BCUT2D eigenvalue weighted by molar-refractivity contribution is 6.29. The van der Waals surface area contributed by atoms with Crippen molar-refractivity contribution >= 4 is 11.6 Å². The van der Waals surface area contributed by atoms with E-state index in [1.165, 1.54) is 0 Å². The summed E-state index contributed by atoms with van der Waals surface area (Å²) in [4.78, 5) is 3.85. The van der Waals surface area contributed by atoms with Crippen LogP contribution in [-0.4, -0.2) is 36.5 Å². The monoisotopic (exact) mass is 217 g/mol. The van der Waals surface area contributed by atoms with E-state index in [0.717, 1.165) is 0 Å². The van der Waals surface area contributed by atoms with E-state index in [0.29, 0.717) is 30.7 Å². The van der Waals surface area contributed by atoms with Gasteiger partial charge in [0.2, 0.25) is 0 Å². The zero-order valence-corrected chi connectivity index (χ0v) is 8.41. The quantitative estimate of drug-likeness (QED) is 0.573. The molecule has 1 aromatic rings. The molecule has 0 unspecified atom stereocenters. The number of nitrogens with zero attached hydrogens (tertiary/aromatic N) is 1. The van der Waals surface area contributed by atoms with Crippen LogP contribution in [0, 0.1) is 0 Å². The summed E-state index contributed by atoms with van der Waals surface area (Å²) in [5.74, 6) is 0.655. The second-order valence-electron chi connectivity index (χ2n) is 2.50. The largest absolute Gasteiger partial charge is 0.490 e. The smallest absolute Gasteiger partial charge is 0.137 e. The summed E-state index contributed by atoms with van der Waals surface area (Å²) in [6.07, 6.45) is 1.55. The highest BCUT2D eigenvalue weighted by Gasteiger charge is 1.94. The molecule has 14 heavy (non-hydrogen) atoms. The van der Waals surface area contributed by atoms with Gasteiger partial charge in [-0.25, -0.2) is 4.98 Å². The van der Waals surface area contributed by atoms with E-state index < -0.39 is 0 Å². The Hall–Kier alpha value is -0.840. The number of ether oxygens (including phenoxy) is 2. The molecule has 1 N–H and O–H groups in total. The molecule has 0 saturated heterocycles. The molecule has 1 rings (SSSR count).